The van der Waals surface area contributed by atoms with Crippen LogP contribution in [0.2, 0.25) is 0 Å². The lowest BCUT2D eigenvalue weighted by molar-refractivity contribution is -0.114. The summed E-state index contributed by atoms with van der Waals surface area (Å²) in [7, 11) is -7.52. The van der Waals surface area contributed by atoms with Crippen LogP contribution in [0.25, 0.3) is 0 Å². The highest BCUT2D eigenvalue weighted by atomic mass is 32.2. The molecule has 0 aromatic carbocycles. The molecule has 0 radical (unpaired) electrons. The number of hydrogen-bond acceptors (Lipinski definition) is 8. The second kappa shape index (κ2) is 7.82. The van der Waals surface area contributed by atoms with Crippen LogP contribution in [0.3, 0.4) is 0 Å². The SMILES string of the molecule is CC(=O)Nc1nnc(S(=O)(=O)NCCS(=O)(=O)NC2CCCC2)s1. The molecule has 1 aliphatic rings. The normalized spacial score (nSPS) is 16.4. The number of sulfonamides is 2. The van der Waals surface area contributed by atoms with E-state index in [0.29, 0.717) is 11.3 Å². The number of carbonyl (C=O) groups excluding carboxylic acids is 1. The number of nitrogens with one attached hydrogen (secondary N) is 3. The van der Waals surface area contributed by atoms with E-state index in [0.717, 1.165) is 25.7 Å². The fraction of sp³-hybridized carbons (Fsp3) is 0.727. The maximum absolute atomic E-state index is 12.0. The van der Waals surface area contributed by atoms with Crippen molar-refractivity contribution in [2.45, 2.75) is 43.0 Å². The summed E-state index contributed by atoms with van der Waals surface area (Å²) in [6, 6.07) is -0.0602. The van der Waals surface area contributed by atoms with E-state index in [4.69, 9.17) is 0 Å². The Kier molecular flexibility index (Phi) is 6.25. The summed E-state index contributed by atoms with van der Waals surface area (Å²) in [6.45, 7) is 0.982. The Morgan fingerprint density at radius 1 is 1.21 bits per heavy atom. The Bertz CT molecular complexity index is 783. The first-order chi connectivity index (χ1) is 11.2. The van der Waals surface area contributed by atoms with E-state index in [1.807, 2.05) is 0 Å². The predicted molar refractivity (Wildman–Crippen MR) is 88.6 cm³/mol. The second-order valence-corrected chi connectivity index (χ2v) is 10.2. The molecule has 1 aromatic heterocycles. The fourth-order valence-electron chi connectivity index (χ4n) is 2.25. The van der Waals surface area contributed by atoms with Crippen LogP contribution in [0.15, 0.2) is 4.34 Å². The molecule has 2 rings (SSSR count). The lowest BCUT2D eigenvalue weighted by Gasteiger charge is -2.12. The van der Waals surface area contributed by atoms with Gasteiger partial charge in [0.2, 0.25) is 25.4 Å². The van der Waals surface area contributed by atoms with Crippen LogP contribution >= 0.6 is 11.3 Å². The van der Waals surface area contributed by atoms with Gasteiger partial charge in [-0.25, -0.2) is 26.3 Å². The van der Waals surface area contributed by atoms with Gasteiger partial charge in [0, 0.05) is 19.5 Å². The molecular formula is C11H19N5O5S3. The van der Waals surface area contributed by atoms with E-state index >= 15 is 0 Å². The van der Waals surface area contributed by atoms with Crippen molar-refractivity contribution in [1.82, 2.24) is 19.6 Å². The molecule has 13 heteroatoms. The highest BCUT2D eigenvalue weighted by Gasteiger charge is 2.24. The van der Waals surface area contributed by atoms with Crippen LogP contribution in [-0.2, 0) is 24.8 Å². The summed E-state index contributed by atoms with van der Waals surface area (Å²) in [5, 5.41) is 9.39. The van der Waals surface area contributed by atoms with Gasteiger partial charge in [-0.05, 0) is 12.8 Å². The Labute approximate surface area is 144 Å². The zero-order valence-electron chi connectivity index (χ0n) is 13.0. The molecule has 0 aliphatic heterocycles. The first-order valence-corrected chi connectivity index (χ1v) is 11.2. The smallest absolute Gasteiger partial charge is 0.269 e. The molecule has 1 fully saturated rings. The number of amides is 1. The van der Waals surface area contributed by atoms with Gasteiger partial charge >= 0.3 is 0 Å². The lowest BCUT2D eigenvalue weighted by atomic mass is 10.3. The zero-order valence-corrected chi connectivity index (χ0v) is 15.4. The van der Waals surface area contributed by atoms with Crippen molar-refractivity contribution < 1.29 is 21.6 Å². The molecule has 3 N–H and O–H groups in total. The maximum atomic E-state index is 12.0. The molecule has 1 aromatic rings. The van der Waals surface area contributed by atoms with Crippen LogP contribution in [0.5, 0.6) is 0 Å². The van der Waals surface area contributed by atoms with E-state index in [1.165, 1.54) is 6.92 Å². The van der Waals surface area contributed by atoms with Gasteiger partial charge < -0.3 is 5.32 Å². The van der Waals surface area contributed by atoms with Crippen molar-refractivity contribution in [3.05, 3.63) is 0 Å². The molecule has 0 atom stereocenters. The van der Waals surface area contributed by atoms with Gasteiger partial charge in [-0.2, -0.15) is 0 Å². The van der Waals surface area contributed by atoms with Crippen molar-refractivity contribution in [1.29, 1.82) is 0 Å². The van der Waals surface area contributed by atoms with Gasteiger partial charge in [0.25, 0.3) is 10.0 Å². The van der Waals surface area contributed by atoms with Crippen LogP contribution in [0, 0.1) is 0 Å². The summed E-state index contributed by atoms with van der Waals surface area (Å²) < 4.78 is 52.3. The summed E-state index contributed by atoms with van der Waals surface area (Å²) in [6.07, 6.45) is 3.60. The molecule has 1 amide bonds. The third-order valence-corrected chi connectivity index (χ3v) is 7.38. The van der Waals surface area contributed by atoms with Crippen molar-refractivity contribution >= 4 is 42.4 Å². The lowest BCUT2D eigenvalue weighted by Crippen LogP contribution is -2.38. The number of nitrogens with zero attached hydrogens (tertiary/aromatic N) is 2. The molecule has 0 bridgehead atoms. The standard InChI is InChI=1S/C11H19N5O5S3/c1-8(17)13-10-14-15-11(22-10)24(20,21)12-6-7-23(18,19)16-9-4-2-3-5-9/h9,12,16H,2-7H2,1H3,(H,13,14,17). The van der Waals surface area contributed by atoms with Crippen molar-refractivity contribution in [3.8, 4) is 0 Å². The Hall–Kier alpha value is -1.15. The molecular weight excluding hydrogens is 378 g/mol. The van der Waals surface area contributed by atoms with Crippen molar-refractivity contribution in [3.63, 3.8) is 0 Å². The van der Waals surface area contributed by atoms with Gasteiger partial charge in [0.05, 0.1) is 5.75 Å². The van der Waals surface area contributed by atoms with Crippen LogP contribution in [-0.4, -0.2) is 51.3 Å². The van der Waals surface area contributed by atoms with Crippen LogP contribution in [0.1, 0.15) is 32.6 Å². The summed E-state index contributed by atoms with van der Waals surface area (Å²) in [5.41, 5.74) is 0. The maximum Gasteiger partial charge on any atom is 0.269 e. The molecule has 1 heterocycles. The van der Waals surface area contributed by atoms with E-state index in [-0.39, 0.29) is 27.8 Å². The molecule has 1 saturated carbocycles. The highest BCUT2D eigenvalue weighted by Crippen LogP contribution is 2.20. The largest absolute Gasteiger partial charge is 0.301 e. The van der Waals surface area contributed by atoms with E-state index < -0.39 is 26.0 Å². The Balaban J connectivity index is 1.87. The highest BCUT2D eigenvalue weighted by molar-refractivity contribution is 7.91. The molecule has 0 unspecified atom stereocenters. The molecule has 24 heavy (non-hydrogen) atoms. The summed E-state index contributed by atoms with van der Waals surface area (Å²) >= 11 is 0.683. The third-order valence-electron chi connectivity index (χ3n) is 3.28. The van der Waals surface area contributed by atoms with Gasteiger partial charge in [0.1, 0.15) is 0 Å². The van der Waals surface area contributed by atoms with Gasteiger partial charge in [0.15, 0.2) is 0 Å². The number of rotatable bonds is 8. The molecule has 0 saturated heterocycles. The zero-order chi connectivity index (χ0) is 17.8. The minimum absolute atomic E-state index is 0.0541. The monoisotopic (exact) mass is 397 g/mol. The third kappa shape index (κ3) is 5.73. The number of anilines is 1. The fourth-order valence-corrected chi connectivity index (χ4v) is 5.63. The van der Waals surface area contributed by atoms with Gasteiger partial charge in [-0.3, -0.25) is 4.79 Å². The number of aromatic nitrogens is 2. The van der Waals surface area contributed by atoms with E-state index in [9.17, 15) is 21.6 Å². The van der Waals surface area contributed by atoms with Crippen LogP contribution < -0.4 is 14.8 Å². The summed E-state index contributed by atoms with van der Waals surface area (Å²) in [4.78, 5) is 10.9. The molecule has 0 spiro atoms. The van der Waals surface area contributed by atoms with E-state index in [1.54, 1.807) is 0 Å². The number of hydrogen-bond donors (Lipinski definition) is 3. The number of carbonyl (C=O) groups is 1. The van der Waals surface area contributed by atoms with Crippen molar-refractivity contribution in [2.75, 3.05) is 17.6 Å². The minimum Gasteiger partial charge on any atom is -0.301 e. The minimum atomic E-state index is -3.97. The predicted octanol–water partition coefficient (Wildman–Crippen LogP) is -0.363. The van der Waals surface area contributed by atoms with E-state index in [2.05, 4.69) is 25.0 Å². The second-order valence-electron chi connectivity index (χ2n) is 5.37. The van der Waals surface area contributed by atoms with Crippen LogP contribution in [0.4, 0.5) is 5.13 Å². The topological polar surface area (TPSA) is 147 Å². The van der Waals surface area contributed by atoms with Gasteiger partial charge in [-0.1, -0.05) is 24.2 Å². The molecule has 136 valence electrons. The van der Waals surface area contributed by atoms with Gasteiger partial charge in [-0.15, -0.1) is 10.2 Å². The first-order valence-electron chi connectivity index (χ1n) is 7.29. The summed E-state index contributed by atoms with van der Waals surface area (Å²) in [5.74, 6) is -0.757. The average molecular weight is 398 g/mol. The quantitative estimate of drug-likeness (QED) is 0.507. The first kappa shape index (κ1) is 19.2. The molecule has 1 aliphatic carbocycles. The molecule has 10 nitrogen and oxygen atoms in total. The Morgan fingerprint density at radius 2 is 1.88 bits per heavy atom. The average Bonchev–Trinajstić information content (AvgIpc) is 3.08. The Morgan fingerprint density at radius 3 is 2.50 bits per heavy atom. The van der Waals surface area contributed by atoms with Crippen molar-refractivity contribution in [2.24, 2.45) is 0 Å².